The van der Waals surface area contributed by atoms with E-state index in [1.807, 2.05) is 72.8 Å². The normalized spacial score (nSPS) is 14.3. The number of aromatic nitrogens is 1. The van der Waals surface area contributed by atoms with Crippen molar-refractivity contribution >= 4 is 52.5 Å². The van der Waals surface area contributed by atoms with Crippen LogP contribution >= 0.6 is 0 Å². The Kier molecular flexibility index (Phi) is 15.6. The summed E-state index contributed by atoms with van der Waals surface area (Å²) in [6, 6.07) is 17.5. The number of ether oxygens (including phenoxy) is 1. The molecule has 5 rings (SSSR count). The fourth-order valence-corrected chi connectivity index (χ4v) is 7.15. The van der Waals surface area contributed by atoms with Crippen molar-refractivity contribution in [3.63, 3.8) is 0 Å². The SMILES string of the molecule is CC=CC[C@H](NC(=O)[C@H](CCCN=C(N)N)NC(=O)[C@H](Cc1c[nH]c2ccccc12)NC(=O)[C@H](C)NC(=O)[C@H](C)NC(=O)OCC1c2ccccc2-c2ccccc21)C(N)=O. The number of rotatable bonds is 20. The van der Waals surface area contributed by atoms with Gasteiger partial charge in [-0.3, -0.25) is 29.0 Å². The minimum Gasteiger partial charge on any atom is -0.449 e. The second-order valence-electron chi connectivity index (χ2n) is 14.8. The molecule has 0 spiro atoms. The lowest BCUT2D eigenvalue weighted by molar-refractivity contribution is -0.134. The maximum Gasteiger partial charge on any atom is 0.407 e. The number of fused-ring (bicyclic) bond motifs is 4. The largest absolute Gasteiger partial charge is 0.449 e. The lowest BCUT2D eigenvalue weighted by atomic mass is 9.98. The highest BCUT2D eigenvalue weighted by Gasteiger charge is 2.32. The lowest BCUT2D eigenvalue weighted by Crippen LogP contribution is -2.58. The van der Waals surface area contributed by atoms with Crippen molar-refractivity contribution in [3.05, 3.63) is 108 Å². The number of aliphatic imine (C=N–C) groups is 1. The van der Waals surface area contributed by atoms with Crippen LogP contribution in [0, 0.1) is 0 Å². The molecule has 322 valence electrons. The van der Waals surface area contributed by atoms with Crippen LogP contribution < -0.4 is 43.8 Å². The number of hydrogen-bond donors (Lipinski definition) is 9. The van der Waals surface area contributed by atoms with E-state index < -0.39 is 65.8 Å². The van der Waals surface area contributed by atoms with Crippen molar-refractivity contribution in [2.75, 3.05) is 13.2 Å². The van der Waals surface area contributed by atoms with E-state index in [1.165, 1.54) is 13.8 Å². The second kappa shape index (κ2) is 21.2. The summed E-state index contributed by atoms with van der Waals surface area (Å²) in [5.41, 5.74) is 22.2. The van der Waals surface area contributed by atoms with E-state index in [0.29, 0.717) is 5.56 Å². The minimum absolute atomic E-state index is 0.00442. The van der Waals surface area contributed by atoms with E-state index >= 15 is 0 Å². The first-order chi connectivity index (χ1) is 29.3. The summed E-state index contributed by atoms with van der Waals surface area (Å²) < 4.78 is 5.58. The summed E-state index contributed by atoms with van der Waals surface area (Å²) in [6.45, 7) is 4.84. The standard InChI is InChI=1S/C44H54N10O7/c1-4-5-18-35(38(45)55)52-41(58)36(20-12-21-48-43(46)47)53-42(59)37(22-27-23-49-34-19-11-10-13-28(27)34)54-40(57)25(2)50-39(56)26(3)51-44(60)61-24-33-31-16-8-6-14-29(31)30-15-7-9-17-32(30)33/h4-11,13-17,19,23,25-26,33,35-37,49H,12,18,20-22,24H2,1-3H3,(H2,45,55)(H,50,56)(H,51,60)(H,52,58)(H,53,59)(H,54,57)(H4,46,47,48)/t25-,26-,35-,36-,37-/m0/s1. The highest BCUT2D eigenvalue weighted by atomic mass is 16.5. The number of carbonyl (C=O) groups is 6. The van der Waals surface area contributed by atoms with Crippen molar-refractivity contribution in [2.45, 2.75) is 82.6 Å². The van der Waals surface area contributed by atoms with Crippen LogP contribution in [0.15, 0.2) is 96.1 Å². The molecule has 0 bridgehead atoms. The van der Waals surface area contributed by atoms with Crippen molar-refractivity contribution in [1.82, 2.24) is 31.6 Å². The number of benzene rings is 3. The van der Waals surface area contributed by atoms with Crippen LogP contribution in [0.2, 0.25) is 0 Å². The van der Waals surface area contributed by atoms with Gasteiger partial charge in [0.25, 0.3) is 0 Å². The van der Waals surface area contributed by atoms with Crippen molar-refractivity contribution < 1.29 is 33.5 Å². The average molecular weight is 835 g/mol. The lowest BCUT2D eigenvalue weighted by Gasteiger charge is -2.26. The molecule has 1 aliphatic rings. The molecule has 0 radical (unpaired) electrons. The summed E-state index contributed by atoms with van der Waals surface area (Å²) in [5, 5.41) is 14.0. The number of H-pyrrole nitrogens is 1. The molecule has 17 heteroatoms. The minimum atomic E-state index is -1.24. The third kappa shape index (κ3) is 12.0. The molecule has 4 aromatic rings. The Morgan fingerprint density at radius 1 is 0.738 bits per heavy atom. The first-order valence-electron chi connectivity index (χ1n) is 20.1. The molecule has 0 fully saturated rings. The van der Waals surface area contributed by atoms with E-state index in [2.05, 4.69) is 36.6 Å². The number of nitrogens with zero attached hydrogens (tertiary/aromatic N) is 1. The summed E-state index contributed by atoms with van der Waals surface area (Å²) in [5.74, 6) is -3.86. The predicted octanol–water partition coefficient (Wildman–Crippen LogP) is 2.10. The van der Waals surface area contributed by atoms with Crippen LogP contribution in [0.5, 0.6) is 0 Å². The molecule has 61 heavy (non-hydrogen) atoms. The number of amides is 6. The molecule has 0 aliphatic heterocycles. The molecule has 0 saturated heterocycles. The molecule has 0 unspecified atom stereocenters. The van der Waals surface area contributed by atoms with Gasteiger partial charge in [-0.25, -0.2) is 4.79 Å². The van der Waals surface area contributed by atoms with Gasteiger partial charge in [-0.05, 0) is 73.9 Å². The maximum absolute atomic E-state index is 14.1. The molecule has 0 saturated carbocycles. The van der Waals surface area contributed by atoms with Crippen molar-refractivity contribution in [3.8, 4) is 11.1 Å². The van der Waals surface area contributed by atoms with Gasteiger partial charge >= 0.3 is 6.09 Å². The number of allylic oxidation sites excluding steroid dienone is 1. The first kappa shape index (κ1) is 44.9. The Morgan fingerprint density at radius 2 is 1.31 bits per heavy atom. The average Bonchev–Trinajstić information content (AvgIpc) is 3.80. The first-order valence-corrected chi connectivity index (χ1v) is 20.1. The van der Waals surface area contributed by atoms with Crippen LogP contribution in [0.3, 0.4) is 0 Å². The molecule has 1 heterocycles. The van der Waals surface area contributed by atoms with Gasteiger partial charge < -0.3 is 53.5 Å². The van der Waals surface area contributed by atoms with Crippen LogP contribution in [0.1, 0.15) is 62.6 Å². The number of guanidine groups is 1. The second-order valence-corrected chi connectivity index (χ2v) is 14.8. The van der Waals surface area contributed by atoms with Gasteiger partial charge in [0.1, 0.15) is 36.8 Å². The number of nitrogens with two attached hydrogens (primary N) is 3. The Morgan fingerprint density at radius 3 is 1.97 bits per heavy atom. The highest BCUT2D eigenvalue weighted by Crippen LogP contribution is 2.44. The topological polar surface area (TPSA) is 278 Å². The van der Waals surface area contributed by atoms with Crippen molar-refractivity contribution in [2.24, 2.45) is 22.2 Å². The molecular weight excluding hydrogens is 781 g/mol. The predicted molar refractivity (Wildman–Crippen MR) is 232 cm³/mol. The molecule has 17 nitrogen and oxygen atoms in total. The van der Waals surface area contributed by atoms with Gasteiger partial charge in [0, 0.05) is 36.0 Å². The fourth-order valence-electron chi connectivity index (χ4n) is 7.15. The van der Waals surface area contributed by atoms with Gasteiger partial charge in [0.2, 0.25) is 29.5 Å². The third-order valence-corrected chi connectivity index (χ3v) is 10.4. The molecular formula is C44H54N10O7. The monoisotopic (exact) mass is 834 g/mol. The van der Waals surface area contributed by atoms with Crippen molar-refractivity contribution in [1.29, 1.82) is 0 Å². The van der Waals surface area contributed by atoms with Crippen LogP contribution in [0.4, 0.5) is 4.79 Å². The number of aromatic amines is 1. The van der Waals surface area contributed by atoms with Crippen LogP contribution in [0.25, 0.3) is 22.0 Å². The molecule has 12 N–H and O–H groups in total. The zero-order chi connectivity index (χ0) is 44.1. The Hall–Kier alpha value is -7.17. The number of hydrogen-bond acceptors (Lipinski definition) is 8. The van der Waals surface area contributed by atoms with E-state index in [1.54, 1.807) is 25.3 Å². The van der Waals surface area contributed by atoms with Crippen LogP contribution in [-0.4, -0.2) is 89.9 Å². The smallest absolute Gasteiger partial charge is 0.407 e. The maximum atomic E-state index is 14.1. The third-order valence-electron chi connectivity index (χ3n) is 10.4. The Labute approximate surface area is 353 Å². The summed E-state index contributed by atoms with van der Waals surface area (Å²) in [6.07, 6.45) is 4.77. The number of para-hydroxylation sites is 1. The Bertz CT molecular complexity index is 2240. The quantitative estimate of drug-likeness (QED) is 0.0273. The van der Waals surface area contributed by atoms with Crippen LogP contribution in [-0.2, 0) is 35.1 Å². The van der Waals surface area contributed by atoms with Gasteiger partial charge in [-0.2, -0.15) is 0 Å². The number of nitrogens with one attached hydrogen (secondary N) is 6. The summed E-state index contributed by atoms with van der Waals surface area (Å²) >= 11 is 0. The van der Waals surface area contributed by atoms with Gasteiger partial charge in [-0.1, -0.05) is 78.9 Å². The highest BCUT2D eigenvalue weighted by molar-refractivity contribution is 5.96. The summed E-state index contributed by atoms with van der Waals surface area (Å²) in [7, 11) is 0. The number of carbonyl (C=O) groups excluding carboxylic acids is 6. The number of alkyl carbamates (subject to hydrolysis) is 1. The zero-order valence-corrected chi connectivity index (χ0v) is 34.4. The fraction of sp³-hybridized carbons (Fsp3) is 0.341. The Balaban J connectivity index is 1.24. The molecule has 1 aromatic heterocycles. The van der Waals surface area contributed by atoms with Gasteiger partial charge in [-0.15, -0.1) is 0 Å². The van der Waals surface area contributed by atoms with Gasteiger partial charge in [0.05, 0.1) is 0 Å². The molecule has 1 aliphatic carbocycles. The molecule has 6 amide bonds. The van der Waals surface area contributed by atoms with E-state index in [4.69, 9.17) is 21.9 Å². The summed E-state index contributed by atoms with van der Waals surface area (Å²) in [4.78, 5) is 86.8. The zero-order valence-electron chi connectivity index (χ0n) is 34.4. The molecule has 3 aromatic carbocycles. The van der Waals surface area contributed by atoms with E-state index in [0.717, 1.165) is 33.2 Å². The van der Waals surface area contributed by atoms with E-state index in [9.17, 15) is 28.8 Å². The number of primary amides is 1. The van der Waals surface area contributed by atoms with Gasteiger partial charge in [0.15, 0.2) is 5.96 Å². The van der Waals surface area contributed by atoms with E-state index in [-0.39, 0.29) is 50.7 Å². The molecule has 5 atom stereocenters.